The third-order valence-corrected chi connectivity index (χ3v) is 3.18. The Morgan fingerprint density at radius 3 is 3.10 bits per heavy atom. The molecule has 1 aliphatic rings. The van der Waals surface area contributed by atoms with Crippen LogP contribution in [-0.2, 0) is 4.74 Å². The molecule has 0 saturated carbocycles. The zero-order valence-electron chi connectivity index (χ0n) is 11.2. The second-order valence-corrected chi connectivity index (χ2v) is 4.74. The van der Waals surface area contributed by atoms with Gasteiger partial charge in [0.2, 0.25) is 0 Å². The third-order valence-electron chi connectivity index (χ3n) is 3.18. The Hall–Kier alpha value is -2.17. The van der Waals surface area contributed by atoms with Crippen molar-refractivity contribution in [1.82, 2.24) is 4.90 Å². The molecule has 1 saturated heterocycles. The molecule has 0 aliphatic carbocycles. The van der Waals surface area contributed by atoms with E-state index in [1.165, 1.54) is 18.2 Å². The molecule has 1 fully saturated rings. The Bertz CT molecular complexity index is 541. The van der Waals surface area contributed by atoms with Crippen molar-refractivity contribution in [3.63, 3.8) is 0 Å². The normalized spacial score (nSPS) is 19.3. The van der Waals surface area contributed by atoms with E-state index in [1.807, 2.05) is 13.1 Å². The summed E-state index contributed by atoms with van der Waals surface area (Å²) in [6.07, 6.45) is -0.0147. The van der Waals surface area contributed by atoms with Gasteiger partial charge < -0.3 is 15.0 Å². The minimum atomic E-state index is -0.461. The van der Waals surface area contributed by atoms with Crippen molar-refractivity contribution in [3.8, 4) is 6.07 Å². The molecule has 106 valence electrons. The van der Waals surface area contributed by atoms with Crippen LogP contribution in [0.2, 0.25) is 0 Å². The molecule has 1 aromatic rings. The molecule has 0 spiro atoms. The highest BCUT2D eigenvalue weighted by Gasteiger charge is 2.20. The fraction of sp³-hybridized carbons (Fsp3) is 0.462. The summed E-state index contributed by atoms with van der Waals surface area (Å²) in [6.45, 7) is 2.79. The zero-order chi connectivity index (χ0) is 14.5. The van der Waals surface area contributed by atoms with Crippen molar-refractivity contribution in [2.45, 2.75) is 6.10 Å². The lowest BCUT2D eigenvalue weighted by molar-refractivity contribution is -0.384. The van der Waals surface area contributed by atoms with Crippen molar-refractivity contribution in [2.75, 3.05) is 38.6 Å². The SMILES string of the molecule is CN1CCOC(CNc2cc(C#N)ccc2[N+](=O)[O-])C1. The molecule has 1 atom stereocenters. The van der Waals surface area contributed by atoms with E-state index in [0.29, 0.717) is 24.4 Å². The van der Waals surface area contributed by atoms with Crippen molar-refractivity contribution < 1.29 is 9.66 Å². The number of anilines is 1. The molecule has 20 heavy (non-hydrogen) atoms. The maximum atomic E-state index is 11.0. The van der Waals surface area contributed by atoms with Gasteiger partial charge in [0.25, 0.3) is 5.69 Å². The average molecular weight is 276 g/mol. The maximum Gasteiger partial charge on any atom is 0.292 e. The van der Waals surface area contributed by atoms with Crippen molar-refractivity contribution in [2.24, 2.45) is 0 Å². The molecule has 1 N–H and O–H groups in total. The Morgan fingerprint density at radius 2 is 2.45 bits per heavy atom. The standard InChI is InChI=1S/C13H16N4O3/c1-16-4-5-20-11(9-16)8-15-12-6-10(7-14)2-3-13(12)17(18)19/h2-3,6,11,15H,4-5,8-9H2,1H3. The van der Waals surface area contributed by atoms with E-state index < -0.39 is 4.92 Å². The van der Waals surface area contributed by atoms with E-state index >= 15 is 0 Å². The van der Waals surface area contributed by atoms with Crippen LogP contribution in [0.1, 0.15) is 5.56 Å². The Balaban J connectivity index is 2.07. The zero-order valence-corrected chi connectivity index (χ0v) is 11.2. The fourth-order valence-corrected chi connectivity index (χ4v) is 2.12. The van der Waals surface area contributed by atoms with Gasteiger partial charge in [-0.3, -0.25) is 10.1 Å². The van der Waals surface area contributed by atoms with Crippen molar-refractivity contribution in [3.05, 3.63) is 33.9 Å². The number of nitriles is 1. The first-order chi connectivity index (χ1) is 9.60. The van der Waals surface area contributed by atoms with Crippen LogP contribution in [0.15, 0.2) is 18.2 Å². The van der Waals surface area contributed by atoms with Gasteiger partial charge in [0, 0.05) is 25.7 Å². The first kappa shape index (κ1) is 14.2. The van der Waals surface area contributed by atoms with Gasteiger partial charge in [0.1, 0.15) is 5.69 Å². The second kappa shape index (κ2) is 6.32. The van der Waals surface area contributed by atoms with Gasteiger partial charge in [-0.1, -0.05) is 0 Å². The van der Waals surface area contributed by atoms with Crippen molar-refractivity contribution >= 4 is 11.4 Å². The molecule has 1 heterocycles. The molecule has 7 nitrogen and oxygen atoms in total. The smallest absolute Gasteiger partial charge is 0.292 e. The van der Waals surface area contributed by atoms with Gasteiger partial charge in [0.15, 0.2) is 0 Å². The fourth-order valence-electron chi connectivity index (χ4n) is 2.12. The summed E-state index contributed by atoms with van der Waals surface area (Å²) in [5.74, 6) is 0. The third kappa shape index (κ3) is 3.44. The maximum absolute atomic E-state index is 11.0. The van der Waals surface area contributed by atoms with Crippen LogP contribution in [0.5, 0.6) is 0 Å². The topological polar surface area (TPSA) is 91.4 Å². The van der Waals surface area contributed by atoms with E-state index in [4.69, 9.17) is 10.00 Å². The highest BCUT2D eigenvalue weighted by atomic mass is 16.6. The van der Waals surface area contributed by atoms with Gasteiger partial charge in [-0.25, -0.2) is 0 Å². The van der Waals surface area contributed by atoms with E-state index in [9.17, 15) is 10.1 Å². The number of rotatable bonds is 4. The van der Waals surface area contributed by atoms with Gasteiger partial charge in [-0.2, -0.15) is 5.26 Å². The van der Waals surface area contributed by atoms with Crippen LogP contribution < -0.4 is 5.32 Å². The van der Waals surface area contributed by atoms with Gasteiger partial charge in [0.05, 0.1) is 29.3 Å². The van der Waals surface area contributed by atoms with Crippen LogP contribution in [0.3, 0.4) is 0 Å². The number of nitro benzene ring substituents is 1. The Kier molecular flexibility index (Phi) is 4.50. The van der Waals surface area contributed by atoms with E-state index in [-0.39, 0.29) is 11.8 Å². The quantitative estimate of drug-likeness (QED) is 0.656. The summed E-state index contributed by atoms with van der Waals surface area (Å²) >= 11 is 0. The lowest BCUT2D eigenvalue weighted by atomic mass is 10.2. The minimum Gasteiger partial charge on any atom is -0.377 e. The molecule has 0 radical (unpaired) electrons. The molecule has 1 unspecified atom stereocenters. The van der Waals surface area contributed by atoms with Crippen molar-refractivity contribution in [1.29, 1.82) is 5.26 Å². The number of benzene rings is 1. The predicted molar refractivity (Wildman–Crippen MR) is 73.5 cm³/mol. The first-order valence-electron chi connectivity index (χ1n) is 6.32. The van der Waals surface area contributed by atoms with E-state index in [2.05, 4.69) is 10.2 Å². The van der Waals surface area contributed by atoms with E-state index in [1.54, 1.807) is 0 Å². The summed E-state index contributed by atoms with van der Waals surface area (Å²) in [5.41, 5.74) is 0.707. The van der Waals surface area contributed by atoms with Crippen LogP contribution in [-0.4, -0.2) is 49.2 Å². The molecule has 2 rings (SSSR count). The summed E-state index contributed by atoms with van der Waals surface area (Å²) < 4.78 is 5.59. The first-order valence-corrected chi connectivity index (χ1v) is 6.32. The molecular formula is C13H16N4O3. The van der Waals surface area contributed by atoms with Gasteiger partial charge in [-0.05, 0) is 19.2 Å². The summed E-state index contributed by atoms with van der Waals surface area (Å²) in [6, 6.07) is 6.25. The molecule has 1 aliphatic heterocycles. The highest BCUT2D eigenvalue weighted by Crippen LogP contribution is 2.25. The molecule has 0 aromatic heterocycles. The number of ether oxygens (including phenoxy) is 1. The largest absolute Gasteiger partial charge is 0.377 e. The molecule has 0 amide bonds. The number of nitrogens with zero attached hydrogens (tertiary/aromatic N) is 3. The minimum absolute atomic E-state index is 0.0147. The number of hydrogen-bond donors (Lipinski definition) is 1. The van der Waals surface area contributed by atoms with Gasteiger partial charge in [-0.15, -0.1) is 0 Å². The summed E-state index contributed by atoms with van der Waals surface area (Å²) in [4.78, 5) is 12.7. The number of nitrogens with one attached hydrogen (secondary N) is 1. The average Bonchev–Trinajstić information content (AvgIpc) is 2.44. The molecular weight excluding hydrogens is 260 g/mol. The lowest BCUT2D eigenvalue weighted by Gasteiger charge is -2.30. The predicted octanol–water partition coefficient (Wildman–Crippen LogP) is 1.21. The summed E-state index contributed by atoms with van der Waals surface area (Å²) in [5, 5.41) is 22.8. The molecule has 0 bridgehead atoms. The monoisotopic (exact) mass is 276 g/mol. The number of likely N-dealkylation sites (N-methyl/N-ethyl adjacent to an activating group) is 1. The van der Waals surface area contributed by atoms with E-state index in [0.717, 1.165) is 13.1 Å². The second-order valence-electron chi connectivity index (χ2n) is 4.74. The Morgan fingerprint density at radius 1 is 1.65 bits per heavy atom. The highest BCUT2D eigenvalue weighted by molar-refractivity contribution is 5.64. The van der Waals surface area contributed by atoms with Crippen LogP contribution in [0.4, 0.5) is 11.4 Å². The lowest BCUT2D eigenvalue weighted by Crippen LogP contribution is -2.43. The number of morpholine rings is 1. The Labute approximate surface area is 116 Å². The van der Waals surface area contributed by atoms with Crippen LogP contribution in [0, 0.1) is 21.4 Å². The van der Waals surface area contributed by atoms with Crippen LogP contribution in [0.25, 0.3) is 0 Å². The van der Waals surface area contributed by atoms with Gasteiger partial charge >= 0.3 is 0 Å². The van der Waals surface area contributed by atoms with Crippen LogP contribution >= 0.6 is 0 Å². The number of hydrogen-bond acceptors (Lipinski definition) is 6. The number of nitro groups is 1. The molecule has 1 aromatic carbocycles. The molecule has 7 heteroatoms. The summed E-state index contributed by atoms with van der Waals surface area (Å²) in [7, 11) is 2.01.